The van der Waals surface area contributed by atoms with Gasteiger partial charge >= 0.3 is 0 Å². The van der Waals surface area contributed by atoms with Gasteiger partial charge in [-0.2, -0.15) is 0 Å². The van der Waals surface area contributed by atoms with Gasteiger partial charge in [0.25, 0.3) is 0 Å². The average Bonchev–Trinajstić information content (AvgIpc) is 3.20. The van der Waals surface area contributed by atoms with Crippen LogP contribution in [0.3, 0.4) is 0 Å². The van der Waals surface area contributed by atoms with Crippen molar-refractivity contribution in [3.63, 3.8) is 0 Å². The van der Waals surface area contributed by atoms with Gasteiger partial charge in [-0.05, 0) is 51.8 Å². The number of hydrogen-bond acceptors (Lipinski definition) is 2. The van der Waals surface area contributed by atoms with Crippen molar-refractivity contribution < 1.29 is 0 Å². The highest BCUT2D eigenvalue weighted by molar-refractivity contribution is 6.05. The molecule has 0 radical (unpaired) electrons. The summed E-state index contributed by atoms with van der Waals surface area (Å²) in [6.07, 6.45) is 6.75. The highest BCUT2D eigenvalue weighted by atomic mass is 14.8. The summed E-state index contributed by atoms with van der Waals surface area (Å²) in [5.74, 6) is 0. The fourth-order valence-corrected chi connectivity index (χ4v) is 5.82. The molecular weight excluding hydrogens is 352 g/mol. The molecule has 0 unspecified atom stereocenters. The predicted octanol–water partition coefficient (Wildman–Crippen LogP) is 6.92. The van der Waals surface area contributed by atoms with Crippen molar-refractivity contribution in [1.29, 1.82) is 0 Å². The Balaban J connectivity index is 1.83. The van der Waals surface area contributed by atoms with Gasteiger partial charge in [0.2, 0.25) is 0 Å². The van der Waals surface area contributed by atoms with Gasteiger partial charge in [-0.1, -0.05) is 76.1 Å². The molecule has 2 aliphatic rings. The maximum absolute atomic E-state index is 4.82. The molecule has 0 amide bonds. The maximum atomic E-state index is 4.82. The zero-order valence-corrected chi connectivity index (χ0v) is 17.4. The number of benzene rings is 3. The Morgan fingerprint density at radius 1 is 0.897 bits per heavy atom. The molecule has 2 nitrogen and oxygen atoms in total. The molecule has 1 aromatic heterocycles. The van der Waals surface area contributed by atoms with Crippen LogP contribution in [-0.2, 0) is 10.8 Å². The third-order valence-electron chi connectivity index (χ3n) is 7.24. The third kappa shape index (κ3) is 2.23. The topological polar surface area (TPSA) is 25.8 Å². The van der Waals surface area contributed by atoms with E-state index >= 15 is 0 Å². The van der Waals surface area contributed by atoms with Crippen LogP contribution in [-0.4, -0.2) is 9.97 Å². The van der Waals surface area contributed by atoms with Gasteiger partial charge in [0.1, 0.15) is 6.33 Å². The molecule has 2 aliphatic carbocycles. The van der Waals surface area contributed by atoms with Gasteiger partial charge < -0.3 is 0 Å². The highest BCUT2D eigenvalue weighted by Crippen LogP contribution is 2.57. The molecule has 4 aromatic rings. The van der Waals surface area contributed by atoms with E-state index in [4.69, 9.17) is 9.97 Å². The summed E-state index contributed by atoms with van der Waals surface area (Å²) in [7, 11) is 0. The van der Waals surface area contributed by atoms with Gasteiger partial charge in [-0.25, -0.2) is 9.97 Å². The van der Waals surface area contributed by atoms with Crippen molar-refractivity contribution in [3.05, 3.63) is 71.5 Å². The number of fused-ring (bicyclic) bond motifs is 6. The van der Waals surface area contributed by atoms with E-state index in [2.05, 4.69) is 69.3 Å². The van der Waals surface area contributed by atoms with Crippen LogP contribution in [0, 0.1) is 0 Å². The summed E-state index contributed by atoms with van der Waals surface area (Å²) in [4.78, 5) is 9.56. The SMILES string of the molecule is CC(C)(C)c1cc2c3c(ncnc3c1)-c1ccc3ccccc3c1C21CCCC1. The van der Waals surface area contributed by atoms with Crippen LogP contribution in [0.2, 0.25) is 0 Å². The van der Waals surface area contributed by atoms with E-state index in [1.54, 1.807) is 6.33 Å². The lowest BCUT2D eigenvalue weighted by molar-refractivity contribution is 0.536. The fourth-order valence-electron chi connectivity index (χ4n) is 5.82. The first-order valence-corrected chi connectivity index (χ1v) is 10.8. The number of aromatic nitrogens is 2. The van der Waals surface area contributed by atoms with Gasteiger partial charge in [0.15, 0.2) is 0 Å². The molecule has 0 atom stereocenters. The van der Waals surface area contributed by atoms with Crippen LogP contribution < -0.4 is 0 Å². The molecule has 6 rings (SSSR count). The molecule has 1 spiro atoms. The molecule has 0 bridgehead atoms. The maximum Gasteiger partial charge on any atom is 0.116 e. The number of rotatable bonds is 0. The summed E-state index contributed by atoms with van der Waals surface area (Å²) in [6.45, 7) is 6.91. The first-order valence-electron chi connectivity index (χ1n) is 10.8. The molecule has 1 fully saturated rings. The summed E-state index contributed by atoms with van der Waals surface area (Å²) < 4.78 is 0. The molecule has 3 aromatic carbocycles. The first-order chi connectivity index (χ1) is 14.0. The Morgan fingerprint density at radius 3 is 2.48 bits per heavy atom. The molecule has 144 valence electrons. The quantitative estimate of drug-likeness (QED) is 0.332. The normalized spacial score (nSPS) is 17.2. The molecule has 0 aliphatic heterocycles. The fraction of sp³-hybridized carbons (Fsp3) is 0.333. The van der Waals surface area contributed by atoms with E-state index in [-0.39, 0.29) is 10.8 Å². The van der Waals surface area contributed by atoms with E-state index < -0.39 is 0 Å². The van der Waals surface area contributed by atoms with Crippen LogP contribution in [0.4, 0.5) is 0 Å². The van der Waals surface area contributed by atoms with E-state index in [1.165, 1.54) is 64.1 Å². The monoisotopic (exact) mass is 378 g/mol. The largest absolute Gasteiger partial charge is 0.236 e. The zero-order valence-electron chi connectivity index (χ0n) is 17.4. The molecule has 0 N–H and O–H groups in total. The third-order valence-corrected chi connectivity index (χ3v) is 7.24. The van der Waals surface area contributed by atoms with E-state index in [9.17, 15) is 0 Å². The van der Waals surface area contributed by atoms with Gasteiger partial charge in [-0.15, -0.1) is 0 Å². The summed E-state index contributed by atoms with van der Waals surface area (Å²) in [5, 5.41) is 4.01. The van der Waals surface area contributed by atoms with Crippen LogP contribution in [0.15, 0.2) is 54.9 Å². The lowest BCUT2D eigenvalue weighted by Crippen LogP contribution is -2.29. The minimum absolute atomic E-state index is 0.0768. The Hall–Kier alpha value is -2.74. The molecule has 0 saturated heterocycles. The predicted molar refractivity (Wildman–Crippen MR) is 120 cm³/mol. The molecule has 29 heavy (non-hydrogen) atoms. The standard InChI is InChI=1S/C27H26N2/c1-26(2,3)18-14-21-23-22(15-18)28-16-29-25(23)20-11-10-17-8-4-5-9-19(17)24(20)27(21)12-6-7-13-27/h4-5,8-11,14-16H,6-7,12-13H2,1-3H3. The summed E-state index contributed by atoms with van der Waals surface area (Å²) in [6, 6.07) is 18.2. The van der Waals surface area contributed by atoms with Crippen molar-refractivity contribution in [1.82, 2.24) is 9.97 Å². The Kier molecular flexibility index (Phi) is 3.35. The minimum Gasteiger partial charge on any atom is -0.236 e. The van der Waals surface area contributed by atoms with Crippen LogP contribution >= 0.6 is 0 Å². The smallest absolute Gasteiger partial charge is 0.116 e. The Bertz CT molecular complexity index is 1290. The van der Waals surface area contributed by atoms with Crippen LogP contribution in [0.1, 0.15) is 63.1 Å². The average molecular weight is 379 g/mol. The van der Waals surface area contributed by atoms with Crippen LogP contribution in [0.5, 0.6) is 0 Å². The zero-order chi connectivity index (χ0) is 19.8. The minimum atomic E-state index is 0.0768. The second-order valence-corrected chi connectivity index (χ2v) is 9.89. The van der Waals surface area contributed by atoms with Gasteiger partial charge in [0.05, 0.1) is 11.2 Å². The van der Waals surface area contributed by atoms with Crippen molar-refractivity contribution >= 4 is 21.7 Å². The van der Waals surface area contributed by atoms with E-state index in [0.29, 0.717) is 0 Å². The van der Waals surface area contributed by atoms with Gasteiger partial charge in [-0.3, -0.25) is 0 Å². The first kappa shape index (κ1) is 17.1. The van der Waals surface area contributed by atoms with E-state index in [1.807, 2.05) is 0 Å². The Morgan fingerprint density at radius 2 is 1.69 bits per heavy atom. The molecule has 1 saturated carbocycles. The summed E-state index contributed by atoms with van der Waals surface area (Å²) in [5.41, 5.74) is 8.05. The number of nitrogens with zero attached hydrogens (tertiary/aromatic N) is 2. The lowest BCUT2D eigenvalue weighted by atomic mass is 9.64. The summed E-state index contributed by atoms with van der Waals surface area (Å²) >= 11 is 0. The van der Waals surface area contributed by atoms with Crippen molar-refractivity contribution in [2.24, 2.45) is 0 Å². The second-order valence-electron chi connectivity index (χ2n) is 9.89. The van der Waals surface area contributed by atoms with E-state index in [0.717, 1.165) is 11.2 Å². The lowest BCUT2D eigenvalue weighted by Gasteiger charge is -2.39. The van der Waals surface area contributed by atoms with Crippen LogP contribution in [0.25, 0.3) is 32.9 Å². The molecule has 2 heteroatoms. The van der Waals surface area contributed by atoms with Crippen molar-refractivity contribution in [2.45, 2.75) is 57.3 Å². The van der Waals surface area contributed by atoms with Crippen molar-refractivity contribution in [3.8, 4) is 11.3 Å². The van der Waals surface area contributed by atoms with Gasteiger partial charge in [0, 0.05) is 16.4 Å². The van der Waals surface area contributed by atoms with Crippen molar-refractivity contribution in [2.75, 3.05) is 0 Å². The Labute approximate surface area is 172 Å². The highest BCUT2D eigenvalue weighted by Gasteiger charge is 2.45. The molecule has 1 heterocycles. The number of hydrogen-bond donors (Lipinski definition) is 0. The second kappa shape index (κ2) is 5.66. The molecular formula is C27H26N2.